The van der Waals surface area contributed by atoms with Crippen molar-refractivity contribution >= 4 is 15.9 Å². The van der Waals surface area contributed by atoms with Crippen LogP contribution in [0.2, 0.25) is 0 Å². The van der Waals surface area contributed by atoms with E-state index in [9.17, 15) is 13.2 Å². The Balaban J connectivity index is 1.57. The maximum Gasteiger partial charge on any atom is 0.220 e. The van der Waals surface area contributed by atoms with Crippen LogP contribution in [0.3, 0.4) is 0 Å². The summed E-state index contributed by atoms with van der Waals surface area (Å²) in [5.41, 5.74) is 0. The average molecular weight is 346 g/mol. The van der Waals surface area contributed by atoms with Gasteiger partial charge in [-0.15, -0.1) is 0 Å². The predicted molar refractivity (Wildman–Crippen MR) is 91.7 cm³/mol. The Labute approximate surface area is 140 Å². The number of likely N-dealkylation sites (tertiary alicyclic amines) is 1. The molecule has 6 nitrogen and oxygen atoms in total. The second kappa shape index (κ2) is 8.99. The molecule has 1 atom stereocenters. The minimum atomic E-state index is -3.11. The fourth-order valence-corrected chi connectivity index (χ4v) is 4.41. The summed E-state index contributed by atoms with van der Waals surface area (Å²) in [6, 6.07) is 0. The second-order valence-corrected chi connectivity index (χ2v) is 8.92. The van der Waals surface area contributed by atoms with Gasteiger partial charge in [-0.05, 0) is 51.2 Å². The highest BCUT2D eigenvalue weighted by Crippen LogP contribution is 2.21. The number of sulfonamides is 1. The number of nitrogens with one attached hydrogen (secondary N) is 1. The van der Waals surface area contributed by atoms with E-state index >= 15 is 0 Å². The molecule has 0 aromatic carbocycles. The molecule has 0 spiro atoms. The van der Waals surface area contributed by atoms with Gasteiger partial charge in [0.15, 0.2) is 0 Å². The van der Waals surface area contributed by atoms with E-state index in [4.69, 9.17) is 0 Å². The molecule has 2 heterocycles. The summed E-state index contributed by atoms with van der Waals surface area (Å²) in [7, 11) is -3.11. The van der Waals surface area contributed by atoms with Crippen LogP contribution in [0, 0.1) is 5.92 Å². The summed E-state index contributed by atoms with van der Waals surface area (Å²) in [5.74, 6) is 0.219. The topological polar surface area (TPSA) is 69.7 Å². The SMILES string of the molecule is CS(=O)(=O)N1CCC(CC(=O)NCCCN2CCCCCC2)C1. The van der Waals surface area contributed by atoms with Gasteiger partial charge in [0.05, 0.1) is 6.26 Å². The van der Waals surface area contributed by atoms with Crippen LogP contribution in [0.25, 0.3) is 0 Å². The molecule has 0 bridgehead atoms. The molecule has 2 saturated heterocycles. The summed E-state index contributed by atoms with van der Waals surface area (Å²) in [4.78, 5) is 14.5. The van der Waals surface area contributed by atoms with E-state index < -0.39 is 10.0 Å². The van der Waals surface area contributed by atoms with E-state index in [1.807, 2.05) is 0 Å². The van der Waals surface area contributed by atoms with Crippen LogP contribution in [-0.2, 0) is 14.8 Å². The fraction of sp³-hybridized carbons (Fsp3) is 0.938. The highest BCUT2D eigenvalue weighted by Gasteiger charge is 2.29. The van der Waals surface area contributed by atoms with Gasteiger partial charge in [0, 0.05) is 26.1 Å². The second-order valence-electron chi connectivity index (χ2n) is 6.94. The number of nitrogens with zero attached hydrogens (tertiary/aromatic N) is 2. The van der Waals surface area contributed by atoms with Crippen molar-refractivity contribution in [3.63, 3.8) is 0 Å². The third-order valence-corrected chi connectivity index (χ3v) is 6.13. The molecule has 1 unspecified atom stereocenters. The third-order valence-electron chi connectivity index (χ3n) is 4.86. The van der Waals surface area contributed by atoms with Crippen LogP contribution in [0.5, 0.6) is 0 Å². The van der Waals surface area contributed by atoms with Gasteiger partial charge in [-0.25, -0.2) is 12.7 Å². The quantitative estimate of drug-likeness (QED) is 0.700. The molecule has 7 heteroatoms. The molecule has 2 aliphatic rings. The van der Waals surface area contributed by atoms with E-state index in [0.29, 0.717) is 19.5 Å². The third kappa shape index (κ3) is 6.77. The van der Waals surface area contributed by atoms with Crippen molar-refractivity contribution in [2.45, 2.75) is 44.9 Å². The molecule has 1 N–H and O–H groups in total. The molecule has 23 heavy (non-hydrogen) atoms. The van der Waals surface area contributed by atoms with Crippen molar-refractivity contribution in [2.24, 2.45) is 5.92 Å². The van der Waals surface area contributed by atoms with Crippen molar-refractivity contribution in [3.8, 4) is 0 Å². The first-order valence-electron chi connectivity index (χ1n) is 8.89. The van der Waals surface area contributed by atoms with Gasteiger partial charge < -0.3 is 10.2 Å². The molecule has 2 aliphatic heterocycles. The summed E-state index contributed by atoms with van der Waals surface area (Å²) in [6.45, 7) is 5.20. The van der Waals surface area contributed by atoms with Gasteiger partial charge in [0.2, 0.25) is 15.9 Å². The van der Waals surface area contributed by atoms with Crippen LogP contribution in [0.4, 0.5) is 0 Å². The van der Waals surface area contributed by atoms with Crippen molar-refractivity contribution in [1.29, 1.82) is 0 Å². The number of rotatable bonds is 7. The van der Waals surface area contributed by atoms with E-state index in [1.54, 1.807) is 0 Å². The Hall–Kier alpha value is -0.660. The van der Waals surface area contributed by atoms with Crippen molar-refractivity contribution < 1.29 is 13.2 Å². The number of carbonyl (C=O) groups is 1. The maximum atomic E-state index is 12.0. The zero-order chi connectivity index (χ0) is 16.7. The number of amides is 1. The van der Waals surface area contributed by atoms with Crippen LogP contribution >= 0.6 is 0 Å². The van der Waals surface area contributed by atoms with E-state index in [2.05, 4.69) is 10.2 Å². The summed E-state index contributed by atoms with van der Waals surface area (Å²) < 4.78 is 24.4. The van der Waals surface area contributed by atoms with Gasteiger partial charge in [0.1, 0.15) is 0 Å². The molecular weight excluding hydrogens is 314 g/mol. The predicted octanol–water partition coefficient (Wildman–Crippen LogP) is 1.04. The summed E-state index contributed by atoms with van der Waals surface area (Å²) >= 11 is 0. The van der Waals surface area contributed by atoms with Crippen LogP contribution in [0.1, 0.15) is 44.9 Å². The normalized spacial score (nSPS) is 24.5. The Bertz CT molecular complexity index is 473. The number of hydrogen-bond acceptors (Lipinski definition) is 4. The smallest absolute Gasteiger partial charge is 0.220 e. The van der Waals surface area contributed by atoms with Gasteiger partial charge in [0.25, 0.3) is 0 Å². The minimum Gasteiger partial charge on any atom is -0.356 e. The van der Waals surface area contributed by atoms with Gasteiger partial charge in [-0.1, -0.05) is 12.8 Å². The van der Waals surface area contributed by atoms with Crippen LogP contribution in [-0.4, -0.2) is 69.1 Å². The van der Waals surface area contributed by atoms with Crippen molar-refractivity contribution in [3.05, 3.63) is 0 Å². The zero-order valence-corrected chi connectivity index (χ0v) is 15.1. The lowest BCUT2D eigenvalue weighted by molar-refractivity contribution is -0.121. The number of hydrogen-bond donors (Lipinski definition) is 1. The monoisotopic (exact) mass is 345 g/mol. The molecule has 0 radical (unpaired) electrons. The van der Waals surface area contributed by atoms with E-state index in [-0.39, 0.29) is 11.8 Å². The number of carbonyl (C=O) groups excluding carboxylic acids is 1. The molecule has 2 rings (SSSR count). The minimum absolute atomic E-state index is 0.0567. The van der Waals surface area contributed by atoms with Gasteiger partial charge in [-0.3, -0.25) is 4.79 Å². The van der Waals surface area contributed by atoms with Crippen LogP contribution < -0.4 is 5.32 Å². The Morgan fingerprint density at radius 3 is 2.43 bits per heavy atom. The average Bonchev–Trinajstić information content (AvgIpc) is 2.80. The molecule has 0 aromatic heterocycles. The summed E-state index contributed by atoms with van der Waals surface area (Å²) in [6.07, 6.45) is 8.74. The van der Waals surface area contributed by atoms with Gasteiger partial charge >= 0.3 is 0 Å². The molecule has 0 aliphatic carbocycles. The lowest BCUT2D eigenvalue weighted by Crippen LogP contribution is -2.32. The van der Waals surface area contributed by atoms with E-state index in [0.717, 1.165) is 25.9 Å². The van der Waals surface area contributed by atoms with E-state index in [1.165, 1.54) is 49.3 Å². The molecule has 134 valence electrons. The summed E-state index contributed by atoms with van der Waals surface area (Å²) in [5, 5.41) is 2.98. The fourth-order valence-electron chi connectivity index (χ4n) is 3.49. The molecule has 1 amide bonds. The van der Waals surface area contributed by atoms with Crippen molar-refractivity contribution in [2.75, 3.05) is 45.5 Å². The molecule has 0 aromatic rings. The standard InChI is InChI=1S/C16H31N3O3S/c1-23(21,22)19-12-7-15(14-19)13-16(20)17-8-6-11-18-9-4-2-3-5-10-18/h15H,2-14H2,1H3,(H,17,20). The lowest BCUT2D eigenvalue weighted by Gasteiger charge is -2.19. The first kappa shape index (κ1) is 18.7. The highest BCUT2D eigenvalue weighted by molar-refractivity contribution is 7.88. The molecule has 0 saturated carbocycles. The lowest BCUT2D eigenvalue weighted by atomic mass is 10.0. The highest BCUT2D eigenvalue weighted by atomic mass is 32.2. The largest absolute Gasteiger partial charge is 0.356 e. The maximum absolute atomic E-state index is 12.0. The van der Waals surface area contributed by atoms with Gasteiger partial charge in [-0.2, -0.15) is 0 Å². The Kier molecular flexibility index (Phi) is 7.30. The Morgan fingerprint density at radius 2 is 1.83 bits per heavy atom. The first-order chi connectivity index (χ1) is 10.9. The first-order valence-corrected chi connectivity index (χ1v) is 10.7. The molecule has 2 fully saturated rings. The molecular formula is C16H31N3O3S. The van der Waals surface area contributed by atoms with Crippen molar-refractivity contribution in [1.82, 2.24) is 14.5 Å². The van der Waals surface area contributed by atoms with Crippen LogP contribution in [0.15, 0.2) is 0 Å². The zero-order valence-electron chi connectivity index (χ0n) is 14.3. The Morgan fingerprint density at radius 1 is 1.13 bits per heavy atom.